The monoisotopic (exact) mass is 356 g/mol. The Hall–Kier alpha value is -2.83. The van der Waals surface area contributed by atoms with E-state index in [1.54, 1.807) is 42.5 Å². The number of benzene rings is 1. The second-order valence-electron chi connectivity index (χ2n) is 6.35. The molecule has 1 aliphatic heterocycles. The topological polar surface area (TPSA) is 67.7 Å². The highest BCUT2D eigenvalue weighted by Gasteiger charge is 2.24. The van der Waals surface area contributed by atoms with Gasteiger partial charge in [0.2, 0.25) is 5.91 Å². The Morgan fingerprint density at radius 1 is 1.04 bits per heavy atom. The quantitative estimate of drug-likeness (QED) is 0.816. The zero-order chi connectivity index (χ0) is 18.5. The summed E-state index contributed by atoms with van der Waals surface area (Å²) in [6, 6.07) is 9.03. The molecule has 0 atom stereocenters. The zero-order valence-corrected chi connectivity index (χ0v) is 15.2. The molecule has 26 heavy (non-hydrogen) atoms. The van der Waals surface area contributed by atoms with E-state index in [1.807, 2.05) is 22.6 Å². The predicted octanol–water partition coefficient (Wildman–Crippen LogP) is 1.57. The number of nitrogens with zero attached hydrogens (tertiary/aromatic N) is 4. The lowest BCUT2D eigenvalue weighted by Gasteiger charge is -2.35. The molecule has 0 N–H and O–H groups in total. The van der Waals surface area contributed by atoms with Crippen LogP contribution in [0.4, 0.5) is 0 Å². The number of rotatable bonds is 5. The number of piperazine rings is 1. The Morgan fingerprint density at radius 2 is 1.69 bits per heavy atom. The van der Waals surface area contributed by atoms with Crippen molar-refractivity contribution < 1.29 is 14.3 Å². The molecule has 1 aromatic heterocycles. The molecule has 138 valence electrons. The highest BCUT2D eigenvalue weighted by molar-refractivity contribution is 5.94. The Labute approximate surface area is 153 Å². The third kappa shape index (κ3) is 4.04. The fourth-order valence-corrected chi connectivity index (χ4v) is 3.07. The average Bonchev–Trinajstić information content (AvgIpc) is 3.10. The first kappa shape index (κ1) is 18.0. The standard InChI is InChI=1S/C19H24N4O3/c1-15-7-9-20-23(15)10-8-18(24)21-11-13-22(14-12-21)19(25)16-3-5-17(26-2)6-4-16/h3-7,9H,8,10-14H2,1-2H3. The maximum Gasteiger partial charge on any atom is 0.253 e. The van der Waals surface area contributed by atoms with Crippen LogP contribution in [0.15, 0.2) is 36.5 Å². The van der Waals surface area contributed by atoms with Crippen LogP contribution < -0.4 is 4.74 Å². The summed E-state index contributed by atoms with van der Waals surface area (Å²) in [4.78, 5) is 28.6. The summed E-state index contributed by atoms with van der Waals surface area (Å²) in [5, 5.41) is 4.20. The Morgan fingerprint density at radius 3 is 2.27 bits per heavy atom. The minimum Gasteiger partial charge on any atom is -0.497 e. The van der Waals surface area contributed by atoms with Gasteiger partial charge in [0.25, 0.3) is 5.91 Å². The van der Waals surface area contributed by atoms with Crippen molar-refractivity contribution >= 4 is 11.8 Å². The molecule has 0 saturated carbocycles. The summed E-state index contributed by atoms with van der Waals surface area (Å²) in [6.07, 6.45) is 2.16. The van der Waals surface area contributed by atoms with Gasteiger partial charge in [-0.05, 0) is 37.3 Å². The lowest BCUT2D eigenvalue weighted by molar-refractivity contribution is -0.132. The van der Waals surface area contributed by atoms with Crippen LogP contribution >= 0.6 is 0 Å². The van der Waals surface area contributed by atoms with Gasteiger partial charge in [-0.15, -0.1) is 0 Å². The van der Waals surface area contributed by atoms with Crippen molar-refractivity contribution in [2.75, 3.05) is 33.3 Å². The summed E-state index contributed by atoms with van der Waals surface area (Å²) in [5.41, 5.74) is 1.69. The average molecular weight is 356 g/mol. The smallest absolute Gasteiger partial charge is 0.253 e. The summed E-state index contributed by atoms with van der Waals surface area (Å²) < 4.78 is 6.95. The zero-order valence-electron chi connectivity index (χ0n) is 15.2. The molecule has 1 aliphatic rings. The van der Waals surface area contributed by atoms with Crippen molar-refractivity contribution in [3.63, 3.8) is 0 Å². The Kier molecular flexibility index (Phi) is 5.55. The SMILES string of the molecule is COc1ccc(C(=O)N2CCN(C(=O)CCn3nccc3C)CC2)cc1. The van der Waals surface area contributed by atoms with E-state index in [9.17, 15) is 9.59 Å². The molecule has 0 unspecified atom stereocenters. The number of hydrogen-bond donors (Lipinski definition) is 0. The first-order chi connectivity index (χ1) is 12.6. The van der Waals surface area contributed by atoms with Gasteiger partial charge in [-0.2, -0.15) is 5.10 Å². The molecule has 2 aromatic rings. The highest BCUT2D eigenvalue weighted by Crippen LogP contribution is 2.14. The number of aryl methyl sites for hydroxylation is 2. The molecule has 0 bridgehead atoms. The van der Waals surface area contributed by atoms with Crippen molar-refractivity contribution in [3.8, 4) is 5.75 Å². The lowest BCUT2D eigenvalue weighted by Crippen LogP contribution is -2.50. The number of aromatic nitrogens is 2. The third-order valence-electron chi connectivity index (χ3n) is 4.72. The minimum absolute atomic E-state index is 0.00748. The van der Waals surface area contributed by atoms with Gasteiger partial charge in [0.1, 0.15) is 5.75 Å². The molecular formula is C19H24N4O3. The number of carbonyl (C=O) groups is 2. The third-order valence-corrected chi connectivity index (χ3v) is 4.72. The van der Waals surface area contributed by atoms with E-state index in [-0.39, 0.29) is 11.8 Å². The van der Waals surface area contributed by atoms with Crippen LogP contribution in [0.1, 0.15) is 22.5 Å². The maximum absolute atomic E-state index is 12.6. The van der Waals surface area contributed by atoms with E-state index in [2.05, 4.69) is 5.10 Å². The summed E-state index contributed by atoms with van der Waals surface area (Å²) in [7, 11) is 1.60. The van der Waals surface area contributed by atoms with Crippen LogP contribution in [0.5, 0.6) is 5.75 Å². The minimum atomic E-state index is -0.00748. The van der Waals surface area contributed by atoms with Crippen molar-refractivity contribution in [2.45, 2.75) is 19.9 Å². The highest BCUT2D eigenvalue weighted by atomic mass is 16.5. The van der Waals surface area contributed by atoms with Gasteiger partial charge in [-0.25, -0.2) is 0 Å². The van der Waals surface area contributed by atoms with E-state index < -0.39 is 0 Å². The molecule has 3 rings (SSSR count). The molecule has 0 radical (unpaired) electrons. The van der Waals surface area contributed by atoms with Gasteiger partial charge in [-0.3, -0.25) is 14.3 Å². The molecule has 1 fully saturated rings. The number of carbonyl (C=O) groups excluding carboxylic acids is 2. The molecule has 2 heterocycles. The van der Waals surface area contributed by atoms with E-state index in [0.29, 0.717) is 44.7 Å². The Bertz CT molecular complexity index is 761. The summed E-state index contributed by atoms with van der Waals surface area (Å²) in [6.45, 7) is 4.80. The molecule has 0 spiro atoms. The predicted molar refractivity (Wildman–Crippen MR) is 97.1 cm³/mol. The molecule has 7 heteroatoms. The fourth-order valence-electron chi connectivity index (χ4n) is 3.07. The van der Waals surface area contributed by atoms with E-state index in [1.165, 1.54) is 0 Å². The first-order valence-corrected chi connectivity index (χ1v) is 8.78. The largest absolute Gasteiger partial charge is 0.497 e. The number of ether oxygens (including phenoxy) is 1. The Balaban J connectivity index is 1.49. The second-order valence-corrected chi connectivity index (χ2v) is 6.35. The first-order valence-electron chi connectivity index (χ1n) is 8.78. The van der Waals surface area contributed by atoms with E-state index >= 15 is 0 Å². The van der Waals surface area contributed by atoms with Crippen molar-refractivity contribution in [1.82, 2.24) is 19.6 Å². The van der Waals surface area contributed by atoms with Crippen LogP contribution in [-0.4, -0.2) is 64.7 Å². The summed E-state index contributed by atoms with van der Waals surface area (Å²) >= 11 is 0. The maximum atomic E-state index is 12.6. The van der Waals surface area contributed by atoms with Gasteiger partial charge in [0, 0.05) is 56.6 Å². The van der Waals surface area contributed by atoms with Crippen LogP contribution in [0.25, 0.3) is 0 Å². The molecule has 2 amide bonds. The van der Waals surface area contributed by atoms with Gasteiger partial charge in [0.05, 0.1) is 7.11 Å². The molecule has 1 saturated heterocycles. The van der Waals surface area contributed by atoms with Crippen LogP contribution in [0.2, 0.25) is 0 Å². The molecular weight excluding hydrogens is 332 g/mol. The van der Waals surface area contributed by atoms with Crippen LogP contribution in [-0.2, 0) is 11.3 Å². The van der Waals surface area contributed by atoms with E-state index in [4.69, 9.17) is 4.74 Å². The summed E-state index contributed by atoms with van der Waals surface area (Å²) in [5.74, 6) is 0.827. The van der Waals surface area contributed by atoms with E-state index in [0.717, 1.165) is 11.4 Å². The number of methoxy groups -OCH3 is 1. The van der Waals surface area contributed by atoms with Gasteiger partial charge in [-0.1, -0.05) is 0 Å². The van der Waals surface area contributed by atoms with Crippen molar-refractivity contribution in [1.29, 1.82) is 0 Å². The molecule has 7 nitrogen and oxygen atoms in total. The number of amides is 2. The van der Waals surface area contributed by atoms with Gasteiger partial charge >= 0.3 is 0 Å². The van der Waals surface area contributed by atoms with Gasteiger partial charge < -0.3 is 14.5 Å². The lowest BCUT2D eigenvalue weighted by atomic mass is 10.1. The fraction of sp³-hybridized carbons (Fsp3) is 0.421. The van der Waals surface area contributed by atoms with Crippen LogP contribution in [0.3, 0.4) is 0 Å². The van der Waals surface area contributed by atoms with Crippen molar-refractivity contribution in [2.24, 2.45) is 0 Å². The second kappa shape index (κ2) is 8.03. The number of hydrogen-bond acceptors (Lipinski definition) is 4. The molecule has 0 aliphatic carbocycles. The van der Waals surface area contributed by atoms with Crippen LogP contribution in [0, 0.1) is 6.92 Å². The molecule has 1 aromatic carbocycles. The van der Waals surface area contributed by atoms with Gasteiger partial charge in [0.15, 0.2) is 0 Å². The normalized spacial score (nSPS) is 14.4. The van der Waals surface area contributed by atoms with Crippen molar-refractivity contribution in [3.05, 3.63) is 47.8 Å².